The molecule has 1 amide bonds. The minimum atomic E-state index is -0.733. The molecule has 0 aliphatic heterocycles. The second-order valence-corrected chi connectivity index (χ2v) is 6.21. The minimum absolute atomic E-state index is 0.0982. The zero-order valence-corrected chi connectivity index (χ0v) is 12.6. The summed E-state index contributed by atoms with van der Waals surface area (Å²) in [7, 11) is 0. The van der Waals surface area contributed by atoms with Crippen LogP contribution in [0.5, 0.6) is 0 Å². The number of rotatable bonds is 4. The van der Waals surface area contributed by atoms with Gasteiger partial charge in [-0.15, -0.1) is 11.8 Å². The van der Waals surface area contributed by atoms with Gasteiger partial charge in [0.25, 0.3) is 0 Å². The van der Waals surface area contributed by atoms with E-state index >= 15 is 0 Å². The number of amides is 1. The first-order chi connectivity index (χ1) is 9.94. The first-order valence-corrected chi connectivity index (χ1v) is 7.39. The topological polar surface area (TPSA) is 29.1 Å². The van der Waals surface area contributed by atoms with Crippen molar-refractivity contribution in [3.8, 4) is 0 Å². The normalized spacial score (nSPS) is 12.0. The Kier molecular flexibility index (Phi) is 5.20. The fourth-order valence-corrected chi connectivity index (χ4v) is 2.63. The van der Waals surface area contributed by atoms with Crippen LogP contribution in [0, 0.1) is 11.6 Å². The fourth-order valence-electron chi connectivity index (χ4n) is 1.64. The third-order valence-corrected chi connectivity index (χ3v) is 3.99. The maximum Gasteiger partial charge on any atom is 0.237 e. The Morgan fingerprint density at radius 2 is 1.71 bits per heavy atom. The van der Waals surface area contributed by atoms with Gasteiger partial charge in [-0.25, -0.2) is 8.78 Å². The number of hydrogen-bond donors (Lipinski definition) is 1. The van der Waals surface area contributed by atoms with E-state index in [0.29, 0.717) is 5.02 Å². The van der Waals surface area contributed by atoms with Crippen molar-refractivity contribution in [2.75, 3.05) is 5.32 Å². The number of carbonyl (C=O) groups excluding carboxylic acids is 1. The van der Waals surface area contributed by atoms with Crippen LogP contribution < -0.4 is 5.32 Å². The van der Waals surface area contributed by atoms with Crippen molar-refractivity contribution >= 4 is 35.0 Å². The molecule has 0 aliphatic carbocycles. The number of nitrogens with one attached hydrogen (secondary N) is 1. The quantitative estimate of drug-likeness (QED) is 0.822. The molecule has 2 nitrogen and oxygen atoms in total. The van der Waals surface area contributed by atoms with Crippen LogP contribution in [0.4, 0.5) is 14.5 Å². The van der Waals surface area contributed by atoms with E-state index in [4.69, 9.17) is 11.6 Å². The van der Waals surface area contributed by atoms with Crippen molar-refractivity contribution in [2.45, 2.75) is 17.1 Å². The predicted octanol–water partition coefficient (Wildman–Crippen LogP) is 4.74. The van der Waals surface area contributed by atoms with Crippen LogP contribution in [0.15, 0.2) is 47.4 Å². The summed E-state index contributed by atoms with van der Waals surface area (Å²) in [5, 5.41) is 2.69. The highest BCUT2D eigenvalue weighted by atomic mass is 35.5. The van der Waals surface area contributed by atoms with E-state index < -0.39 is 16.9 Å². The van der Waals surface area contributed by atoms with Crippen LogP contribution in [0.25, 0.3) is 0 Å². The zero-order valence-electron chi connectivity index (χ0n) is 11.1. The standard InChI is InChI=1S/C15H12ClF2NOS/c1-9(21-14-4-2-10(16)3-5-14)15(20)19-13-7-11(17)6-12(18)8-13/h2-9H,1H3,(H,19,20). The molecule has 0 radical (unpaired) electrons. The number of hydrogen-bond acceptors (Lipinski definition) is 2. The van der Waals surface area contributed by atoms with Crippen molar-refractivity contribution in [2.24, 2.45) is 0 Å². The van der Waals surface area contributed by atoms with E-state index in [1.165, 1.54) is 11.8 Å². The predicted molar refractivity (Wildman–Crippen MR) is 81.8 cm³/mol. The van der Waals surface area contributed by atoms with Gasteiger partial charge in [0.15, 0.2) is 0 Å². The lowest BCUT2D eigenvalue weighted by Gasteiger charge is -2.12. The summed E-state index contributed by atoms with van der Waals surface area (Å²) in [5.74, 6) is -1.80. The molecule has 1 unspecified atom stereocenters. The van der Waals surface area contributed by atoms with E-state index in [9.17, 15) is 13.6 Å². The third kappa shape index (κ3) is 4.72. The molecule has 110 valence electrons. The molecular formula is C15H12ClF2NOS. The molecule has 21 heavy (non-hydrogen) atoms. The van der Waals surface area contributed by atoms with Gasteiger partial charge in [-0.05, 0) is 43.3 Å². The van der Waals surface area contributed by atoms with Gasteiger partial charge in [-0.3, -0.25) is 4.79 Å². The van der Waals surface area contributed by atoms with Crippen molar-refractivity contribution in [1.82, 2.24) is 0 Å². The van der Waals surface area contributed by atoms with Gasteiger partial charge in [0, 0.05) is 21.7 Å². The highest BCUT2D eigenvalue weighted by Gasteiger charge is 2.15. The Bertz CT molecular complexity index is 628. The second kappa shape index (κ2) is 6.91. The van der Waals surface area contributed by atoms with Gasteiger partial charge in [0.05, 0.1) is 5.25 Å². The lowest BCUT2D eigenvalue weighted by Crippen LogP contribution is -2.22. The molecule has 2 aromatic rings. The molecule has 0 saturated carbocycles. The van der Waals surface area contributed by atoms with Gasteiger partial charge in [0.2, 0.25) is 5.91 Å². The van der Waals surface area contributed by atoms with Crippen LogP contribution in [0.3, 0.4) is 0 Å². The molecule has 0 bridgehead atoms. The van der Waals surface area contributed by atoms with E-state index in [-0.39, 0.29) is 11.6 Å². The smallest absolute Gasteiger partial charge is 0.237 e. The zero-order chi connectivity index (χ0) is 15.4. The Labute approximate surface area is 130 Å². The summed E-state index contributed by atoms with van der Waals surface area (Å²) in [6.07, 6.45) is 0. The summed E-state index contributed by atoms with van der Waals surface area (Å²) in [5.41, 5.74) is 0.0982. The molecule has 1 atom stereocenters. The summed E-state index contributed by atoms with van der Waals surface area (Å²) >= 11 is 7.12. The van der Waals surface area contributed by atoms with Gasteiger partial charge in [0.1, 0.15) is 11.6 Å². The number of carbonyl (C=O) groups is 1. The maximum atomic E-state index is 13.1. The van der Waals surface area contributed by atoms with Gasteiger partial charge >= 0.3 is 0 Å². The van der Waals surface area contributed by atoms with Crippen molar-refractivity contribution < 1.29 is 13.6 Å². The molecule has 0 aromatic heterocycles. The SMILES string of the molecule is CC(Sc1ccc(Cl)cc1)C(=O)Nc1cc(F)cc(F)c1. The van der Waals surface area contributed by atoms with Crippen LogP contribution in [0.2, 0.25) is 5.02 Å². The van der Waals surface area contributed by atoms with E-state index in [0.717, 1.165) is 23.1 Å². The molecular weight excluding hydrogens is 316 g/mol. The lowest BCUT2D eigenvalue weighted by atomic mass is 10.3. The van der Waals surface area contributed by atoms with Crippen LogP contribution in [0.1, 0.15) is 6.92 Å². The van der Waals surface area contributed by atoms with Gasteiger partial charge in [-0.2, -0.15) is 0 Å². The number of anilines is 1. The molecule has 0 aliphatic rings. The summed E-state index contributed by atoms with van der Waals surface area (Å²) in [6, 6.07) is 9.97. The van der Waals surface area contributed by atoms with Gasteiger partial charge < -0.3 is 5.32 Å². The third-order valence-electron chi connectivity index (χ3n) is 2.63. The Morgan fingerprint density at radius 1 is 1.14 bits per heavy atom. The van der Waals surface area contributed by atoms with Crippen molar-refractivity contribution in [3.63, 3.8) is 0 Å². The first-order valence-electron chi connectivity index (χ1n) is 6.13. The average Bonchev–Trinajstić information content (AvgIpc) is 2.40. The lowest BCUT2D eigenvalue weighted by molar-refractivity contribution is -0.115. The molecule has 0 spiro atoms. The van der Waals surface area contributed by atoms with E-state index in [1.807, 2.05) is 0 Å². The minimum Gasteiger partial charge on any atom is -0.325 e. The first kappa shape index (κ1) is 15.8. The summed E-state index contributed by atoms with van der Waals surface area (Å²) < 4.78 is 26.1. The molecule has 1 N–H and O–H groups in total. The van der Waals surface area contributed by atoms with Gasteiger partial charge in [-0.1, -0.05) is 11.6 Å². The summed E-state index contributed by atoms with van der Waals surface area (Å²) in [6.45, 7) is 1.71. The van der Waals surface area contributed by atoms with Crippen LogP contribution in [-0.2, 0) is 4.79 Å². The second-order valence-electron chi connectivity index (χ2n) is 4.36. The van der Waals surface area contributed by atoms with E-state index in [1.54, 1.807) is 31.2 Å². The largest absolute Gasteiger partial charge is 0.325 e. The molecule has 0 saturated heterocycles. The van der Waals surface area contributed by atoms with Crippen LogP contribution >= 0.6 is 23.4 Å². The molecule has 2 rings (SSSR count). The van der Waals surface area contributed by atoms with E-state index in [2.05, 4.69) is 5.32 Å². The molecule has 0 heterocycles. The maximum absolute atomic E-state index is 13.1. The molecule has 6 heteroatoms. The van der Waals surface area contributed by atoms with Crippen molar-refractivity contribution in [1.29, 1.82) is 0 Å². The fraction of sp³-hybridized carbons (Fsp3) is 0.133. The Morgan fingerprint density at radius 3 is 2.29 bits per heavy atom. The molecule has 2 aromatic carbocycles. The highest BCUT2D eigenvalue weighted by Crippen LogP contribution is 2.25. The highest BCUT2D eigenvalue weighted by molar-refractivity contribution is 8.00. The monoisotopic (exact) mass is 327 g/mol. The van der Waals surface area contributed by atoms with Crippen LogP contribution in [-0.4, -0.2) is 11.2 Å². The Balaban J connectivity index is 2.00. The Hall–Kier alpha value is -1.59. The number of thioether (sulfide) groups is 1. The number of halogens is 3. The summed E-state index contributed by atoms with van der Waals surface area (Å²) in [4.78, 5) is 12.9. The average molecular weight is 328 g/mol. The molecule has 0 fully saturated rings. The van der Waals surface area contributed by atoms with Crippen molar-refractivity contribution in [3.05, 3.63) is 59.1 Å². The number of benzene rings is 2.